The second-order valence-corrected chi connectivity index (χ2v) is 7.59. The number of hydrogen-bond acceptors (Lipinski definition) is 6. The molecule has 0 saturated carbocycles. The third-order valence-electron chi connectivity index (χ3n) is 4.25. The van der Waals surface area contributed by atoms with Crippen LogP contribution in [0.25, 0.3) is 0 Å². The van der Waals surface area contributed by atoms with Crippen molar-refractivity contribution in [2.45, 2.75) is 33.0 Å². The minimum absolute atomic E-state index is 0.0693. The van der Waals surface area contributed by atoms with Crippen molar-refractivity contribution in [3.8, 4) is 0 Å². The van der Waals surface area contributed by atoms with E-state index in [1.54, 1.807) is 0 Å². The lowest BCUT2D eigenvalue weighted by molar-refractivity contribution is -0.155. The van der Waals surface area contributed by atoms with Gasteiger partial charge in [-0.15, -0.1) is 0 Å². The normalized spacial score (nSPS) is 11.5. The van der Waals surface area contributed by atoms with Gasteiger partial charge in [-0.3, -0.25) is 4.79 Å². The molecule has 0 unspecified atom stereocenters. The molecule has 0 spiro atoms. The maximum atomic E-state index is 12.7. The summed E-state index contributed by atoms with van der Waals surface area (Å²) in [5.74, 6) is -1.01. The van der Waals surface area contributed by atoms with Gasteiger partial charge in [-0.05, 0) is 17.0 Å². The predicted octanol–water partition coefficient (Wildman–Crippen LogP) is 3.61. The highest BCUT2D eigenvalue weighted by atomic mass is 16.6. The summed E-state index contributed by atoms with van der Waals surface area (Å²) in [5, 5.41) is 0. The number of nitrogens with zero attached hydrogens (tertiary/aromatic N) is 1. The molecule has 7 nitrogen and oxygen atoms in total. The first-order chi connectivity index (χ1) is 14.8. The number of ether oxygens (including phenoxy) is 3. The Morgan fingerprint density at radius 3 is 2.03 bits per heavy atom. The van der Waals surface area contributed by atoms with Crippen LogP contribution in [0.1, 0.15) is 25.0 Å². The first kappa shape index (κ1) is 23.9. The SMILES string of the molecule is CC(C)COC(=O)CN(C)C(=O)O[C@@H](Cc1ccccc1)C(=O)OCc1ccccc1. The van der Waals surface area contributed by atoms with E-state index in [4.69, 9.17) is 14.2 Å². The van der Waals surface area contributed by atoms with Gasteiger partial charge in [0.1, 0.15) is 13.2 Å². The van der Waals surface area contributed by atoms with Crippen LogP contribution < -0.4 is 0 Å². The van der Waals surface area contributed by atoms with Gasteiger partial charge in [-0.1, -0.05) is 74.5 Å². The third-order valence-corrected chi connectivity index (χ3v) is 4.25. The summed E-state index contributed by atoms with van der Waals surface area (Å²) in [7, 11) is 1.41. The molecule has 0 radical (unpaired) electrons. The number of esters is 2. The fourth-order valence-electron chi connectivity index (χ4n) is 2.60. The zero-order valence-corrected chi connectivity index (χ0v) is 18.2. The fraction of sp³-hybridized carbons (Fsp3) is 0.375. The Morgan fingerprint density at radius 2 is 1.45 bits per heavy atom. The first-order valence-corrected chi connectivity index (χ1v) is 10.2. The number of amides is 1. The molecule has 0 bridgehead atoms. The smallest absolute Gasteiger partial charge is 0.410 e. The van der Waals surface area contributed by atoms with Crippen LogP contribution in [0.3, 0.4) is 0 Å². The van der Waals surface area contributed by atoms with Crippen LogP contribution in [0.4, 0.5) is 4.79 Å². The maximum absolute atomic E-state index is 12.7. The Labute approximate surface area is 182 Å². The van der Waals surface area contributed by atoms with Gasteiger partial charge in [0, 0.05) is 13.5 Å². The zero-order valence-electron chi connectivity index (χ0n) is 18.2. The highest BCUT2D eigenvalue weighted by molar-refractivity contribution is 5.81. The van der Waals surface area contributed by atoms with Gasteiger partial charge in [-0.2, -0.15) is 0 Å². The maximum Gasteiger partial charge on any atom is 0.410 e. The van der Waals surface area contributed by atoms with E-state index in [1.165, 1.54) is 7.05 Å². The van der Waals surface area contributed by atoms with Gasteiger partial charge >= 0.3 is 18.0 Å². The first-order valence-electron chi connectivity index (χ1n) is 10.2. The molecule has 0 aliphatic carbocycles. The molecule has 0 fully saturated rings. The second kappa shape index (κ2) is 12.4. The number of carbonyl (C=O) groups excluding carboxylic acids is 3. The van der Waals surface area contributed by atoms with Crippen molar-refractivity contribution in [3.63, 3.8) is 0 Å². The van der Waals surface area contributed by atoms with E-state index < -0.39 is 24.1 Å². The quantitative estimate of drug-likeness (QED) is 0.426. The molecule has 1 amide bonds. The predicted molar refractivity (Wildman–Crippen MR) is 115 cm³/mol. The monoisotopic (exact) mass is 427 g/mol. The summed E-state index contributed by atoms with van der Waals surface area (Å²) >= 11 is 0. The molecule has 2 aromatic rings. The number of rotatable bonds is 10. The molecule has 1 atom stereocenters. The Kier molecular flexibility index (Phi) is 9.55. The lowest BCUT2D eigenvalue weighted by Crippen LogP contribution is -2.39. The molecule has 7 heteroatoms. The molecular formula is C24H29NO6. The highest BCUT2D eigenvalue weighted by Crippen LogP contribution is 2.11. The van der Waals surface area contributed by atoms with E-state index in [0.29, 0.717) is 0 Å². The summed E-state index contributed by atoms with van der Waals surface area (Å²) in [5.41, 5.74) is 1.64. The molecule has 31 heavy (non-hydrogen) atoms. The third kappa shape index (κ3) is 8.90. The van der Waals surface area contributed by atoms with Crippen LogP contribution in [0, 0.1) is 5.92 Å². The number of hydrogen-bond donors (Lipinski definition) is 0. The van der Waals surface area contributed by atoms with E-state index in [-0.39, 0.29) is 32.1 Å². The lowest BCUT2D eigenvalue weighted by atomic mass is 10.1. The van der Waals surface area contributed by atoms with Gasteiger partial charge < -0.3 is 19.1 Å². The summed E-state index contributed by atoms with van der Waals surface area (Å²) in [6.45, 7) is 3.90. The zero-order chi connectivity index (χ0) is 22.6. The summed E-state index contributed by atoms with van der Waals surface area (Å²) in [6.07, 6.45) is -1.79. The van der Waals surface area contributed by atoms with Crippen LogP contribution in [0.2, 0.25) is 0 Å². The lowest BCUT2D eigenvalue weighted by Gasteiger charge is -2.21. The summed E-state index contributed by atoms with van der Waals surface area (Å²) < 4.78 is 15.8. The Bertz CT molecular complexity index is 838. The Balaban J connectivity index is 1.99. The van der Waals surface area contributed by atoms with Crippen molar-refractivity contribution in [2.24, 2.45) is 5.92 Å². The Hall–Kier alpha value is -3.35. The molecule has 2 aromatic carbocycles. The average molecular weight is 427 g/mol. The van der Waals surface area contributed by atoms with Crippen LogP contribution >= 0.6 is 0 Å². The second-order valence-electron chi connectivity index (χ2n) is 7.59. The molecule has 0 aromatic heterocycles. The van der Waals surface area contributed by atoms with Crippen molar-refractivity contribution in [2.75, 3.05) is 20.2 Å². The highest BCUT2D eigenvalue weighted by Gasteiger charge is 2.27. The van der Waals surface area contributed by atoms with Gasteiger partial charge in [-0.25, -0.2) is 9.59 Å². The van der Waals surface area contributed by atoms with Crippen LogP contribution in [-0.4, -0.2) is 49.2 Å². The van der Waals surface area contributed by atoms with Crippen LogP contribution in [-0.2, 0) is 36.8 Å². The van der Waals surface area contributed by atoms with Crippen molar-refractivity contribution >= 4 is 18.0 Å². The van der Waals surface area contributed by atoms with Crippen molar-refractivity contribution in [1.82, 2.24) is 4.90 Å². The largest absolute Gasteiger partial charge is 0.464 e. The average Bonchev–Trinajstić information content (AvgIpc) is 2.77. The molecule has 166 valence electrons. The van der Waals surface area contributed by atoms with Crippen molar-refractivity contribution in [3.05, 3.63) is 71.8 Å². The topological polar surface area (TPSA) is 82.1 Å². The minimum Gasteiger partial charge on any atom is -0.464 e. The van der Waals surface area contributed by atoms with E-state index in [0.717, 1.165) is 16.0 Å². The number of likely N-dealkylation sites (N-methyl/N-ethyl adjacent to an activating group) is 1. The molecule has 0 N–H and O–H groups in total. The van der Waals surface area contributed by atoms with E-state index >= 15 is 0 Å². The van der Waals surface area contributed by atoms with Gasteiger partial charge in [0.15, 0.2) is 0 Å². The molecule has 0 aliphatic heterocycles. The summed E-state index contributed by atoms with van der Waals surface area (Å²) in [6, 6.07) is 18.4. The van der Waals surface area contributed by atoms with Crippen LogP contribution in [0.15, 0.2) is 60.7 Å². The number of carbonyl (C=O) groups is 3. The molecular weight excluding hydrogens is 398 g/mol. The van der Waals surface area contributed by atoms with Gasteiger partial charge in [0.05, 0.1) is 6.61 Å². The standard InChI is InChI=1S/C24H29NO6/c1-18(2)16-29-22(26)15-25(3)24(28)31-21(14-19-10-6-4-7-11-19)23(27)30-17-20-12-8-5-9-13-20/h4-13,18,21H,14-17H2,1-3H3/t21-/m0/s1. The fourth-order valence-corrected chi connectivity index (χ4v) is 2.60. The van der Waals surface area contributed by atoms with E-state index in [2.05, 4.69) is 0 Å². The molecule has 0 saturated heterocycles. The summed E-state index contributed by atoms with van der Waals surface area (Å²) in [4.78, 5) is 38.1. The van der Waals surface area contributed by atoms with Gasteiger partial charge in [0.2, 0.25) is 6.10 Å². The van der Waals surface area contributed by atoms with E-state index in [9.17, 15) is 14.4 Å². The minimum atomic E-state index is -1.15. The van der Waals surface area contributed by atoms with Crippen molar-refractivity contribution < 1.29 is 28.6 Å². The molecule has 0 heterocycles. The van der Waals surface area contributed by atoms with Crippen molar-refractivity contribution in [1.29, 1.82) is 0 Å². The van der Waals surface area contributed by atoms with Gasteiger partial charge in [0.25, 0.3) is 0 Å². The van der Waals surface area contributed by atoms with Crippen LogP contribution in [0.5, 0.6) is 0 Å². The molecule has 2 rings (SSSR count). The Morgan fingerprint density at radius 1 is 0.871 bits per heavy atom. The number of benzene rings is 2. The van der Waals surface area contributed by atoms with E-state index in [1.807, 2.05) is 74.5 Å². The molecule has 0 aliphatic rings.